The van der Waals surface area contributed by atoms with Crippen LogP contribution in [0.3, 0.4) is 0 Å². The predicted molar refractivity (Wildman–Crippen MR) is 122 cm³/mol. The van der Waals surface area contributed by atoms with Gasteiger partial charge in [0.25, 0.3) is 0 Å². The van der Waals surface area contributed by atoms with Gasteiger partial charge in [-0.1, -0.05) is 41.3 Å². The highest BCUT2D eigenvalue weighted by Gasteiger charge is 2.20. The number of hydrogen-bond donors (Lipinski definition) is 0. The van der Waals surface area contributed by atoms with Gasteiger partial charge in [-0.3, -0.25) is 4.79 Å². The Hall–Kier alpha value is -3.05. The Morgan fingerprint density at radius 2 is 1.45 bits per heavy atom. The van der Waals surface area contributed by atoms with E-state index in [0.29, 0.717) is 0 Å². The first-order chi connectivity index (χ1) is 14.0. The zero-order valence-electron chi connectivity index (χ0n) is 16.0. The molecule has 0 radical (unpaired) electrons. The molecule has 0 spiro atoms. The molecule has 0 fully saturated rings. The second kappa shape index (κ2) is 8.13. The number of anilines is 2. The molecule has 0 bridgehead atoms. The van der Waals surface area contributed by atoms with Crippen LogP contribution in [0.1, 0.15) is 23.6 Å². The van der Waals surface area contributed by atoms with E-state index in [9.17, 15) is 4.79 Å². The van der Waals surface area contributed by atoms with E-state index in [0.717, 1.165) is 42.8 Å². The van der Waals surface area contributed by atoms with Gasteiger partial charge >= 0.3 is 0 Å². The van der Waals surface area contributed by atoms with Crippen LogP contribution in [0.2, 0.25) is 0 Å². The Morgan fingerprint density at radius 3 is 2.07 bits per heavy atom. The third kappa shape index (κ3) is 4.20. The zero-order chi connectivity index (χ0) is 20.4. The van der Waals surface area contributed by atoms with Gasteiger partial charge in [-0.05, 0) is 60.7 Å². The molecule has 0 N–H and O–H groups in total. The smallest absolute Gasteiger partial charge is 0.190 e. The Morgan fingerprint density at radius 1 is 0.897 bits per heavy atom. The summed E-state index contributed by atoms with van der Waals surface area (Å²) in [6.07, 6.45) is 5.55. The van der Waals surface area contributed by atoms with Crippen LogP contribution >= 0.6 is 23.5 Å². The van der Waals surface area contributed by atoms with Crippen molar-refractivity contribution in [1.29, 1.82) is 0 Å². The van der Waals surface area contributed by atoms with Crippen LogP contribution in [-0.2, 0) is 4.79 Å². The van der Waals surface area contributed by atoms with Gasteiger partial charge in [-0.15, -0.1) is 6.42 Å². The summed E-state index contributed by atoms with van der Waals surface area (Å²) in [5.74, 6) is 9.15. The minimum absolute atomic E-state index is 0.0799. The van der Waals surface area contributed by atoms with Crippen LogP contribution in [-0.4, -0.2) is 12.2 Å². The maximum atomic E-state index is 11.2. The SMILES string of the molecule is C#Cc1ccc2c(c1)Sc1cc(C#Cc3ccc(SC(C)=O)cc3)ccc1N2C. The summed E-state index contributed by atoms with van der Waals surface area (Å²) in [7, 11) is 2.07. The summed E-state index contributed by atoms with van der Waals surface area (Å²) in [4.78, 5) is 16.6. The number of terminal acetylenes is 1. The first-order valence-corrected chi connectivity index (χ1v) is 10.6. The molecule has 1 aliphatic rings. The van der Waals surface area contributed by atoms with E-state index in [4.69, 9.17) is 6.42 Å². The lowest BCUT2D eigenvalue weighted by atomic mass is 10.1. The molecule has 4 rings (SSSR count). The average molecular weight is 412 g/mol. The maximum Gasteiger partial charge on any atom is 0.190 e. The van der Waals surface area contributed by atoms with Crippen molar-refractivity contribution in [2.45, 2.75) is 21.6 Å². The average Bonchev–Trinajstić information content (AvgIpc) is 2.72. The molecule has 1 heterocycles. The lowest BCUT2D eigenvalue weighted by Crippen LogP contribution is -2.14. The lowest BCUT2D eigenvalue weighted by molar-refractivity contribution is -0.109. The van der Waals surface area contributed by atoms with Crippen molar-refractivity contribution in [1.82, 2.24) is 0 Å². The topological polar surface area (TPSA) is 20.3 Å². The van der Waals surface area contributed by atoms with E-state index >= 15 is 0 Å². The van der Waals surface area contributed by atoms with Crippen LogP contribution in [0, 0.1) is 24.2 Å². The Bertz CT molecular complexity index is 1210. The molecule has 1 aliphatic heterocycles. The third-order valence-electron chi connectivity index (χ3n) is 4.50. The molecule has 3 aromatic carbocycles. The summed E-state index contributed by atoms with van der Waals surface area (Å²) in [6, 6.07) is 20.1. The quantitative estimate of drug-likeness (QED) is 0.365. The van der Waals surface area contributed by atoms with E-state index in [1.54, 1.807) is 18.7 Å². The van der Waals surface area contributed by atoms with Gasteiger partial charge in [0.2, 0.25) is 0 Å². The molecule has 0 unspecified atom stereocenters. The van der Waals surface area contributed by atoms with E-state index in [2.05, 4.69) is 54.0 Å². The van der Waals surface area contributed by atoms with Crippen molar-refractivity contribution in [2.75, 3.05) is 11.9 Å². The van der Waals surface area contributed by atoms with Gasteiger partial charge < -0.3 is 4.90 Å². The molecule has 0 atom stereocenters. The van der Waals surface area contributed by atoms with Crippen LogP contribution in [0.25, 0.3) is 0 Å². The second-order valence-electron chi connectivity index (χ2n) is 6.54. The van der Waals surface area contributed by atoms with Gasteiger partial charge in [0.15, 0.2) is 5.12 Å². The van der Waals surface area contributed by atoms with Crippen LogP contribution in [0.4, 0.5) is 11.4 Å². The number of rotatable bonds is 1. The molecule has 3 aromatic rings. The highest BCUT2D eigenvalue weighted by atomic mass is 32.2. The standard InChI is InChI=1S/C25H17NOS2/c1-4-18-9-13-22-24(15-18)29-25-16-20(10-14-23(25)26(22)3)6-5-19-7-11-21(12-8-19)28-17(2)27/h1,7-16H,2-3H3. The number of benzene rings is 3. The summed E-state index contributed by atoms with van der Waals surface area (Å²) < 4.78 is 0. The van der Waals surface area contributed by atoms with Gasteiger partial charge in [-0.2, -0.15) is 0 Å². The van der Waals surface area contributed by atoms with Crippen molar-refractivity contribution in [2.24, 2.45) is 0 Å². The van der Waals surface area contributed by atoms with Gasteiger partial charge in [0.1, 0.15) is 0 Å². The van der Waals surface area contributed by atoms with Crippen molar-refractivity contribution in [3.05, 3.63) is 77.4 Å². The molecular weight excluding hydrogens is 394 g/mol. The van der Waals surface area contributed by atoms with E-state index in [-0.39, 0.29) is 5.12 Å². The van der Waals surface area contributed by atoms with E-state index in [1.165, 1.54) is 11.8 Å². The number of hydrogen-bond acceptors (Lipinski definition) is 4. The van der Waals surface area contributed by atoms with Gasteiger partial charge in [0, 0.05) is 45.3 Å². The summed E-state index contributed by atoms with van der Waals surface area (Å²) >= 11 is 2.95. The third-order valence-corrected chi connectivity index (χ3v) is 6.39. The second-order valence-corrected chi connectivity index (χ2v) is 8.87. The first kappa shape index (κ1) is 19.3. The van der Waals surface area contributed by atoms with Crippen molar-refractivity contribution < 1.29 is 4.79 Å². The molecule has 29 heavy (non-hydrogen) atoms. The molecule has 0 saturated heterocycles. The maximum absolute atomic E-state index is 11.2. The number of nitrogens with zero attached hydrogens (tertiary/aromatic N) is 1. The van der Waals surface area contributed by atoms with Crippen LogP contribution < -0.4 is 4.90 Å². The molecular formula is C25H17NOS2. The van der Waals surface area contributed by atoms with E-state index in [1.807, 2.05) is 36.4 Å². The fraction of sp³-hybridized carbons (Fsp3) is 0.0800. The molecule has 0 aliphatic carbocycles. The fourth-order valence-electron chi connectivity index (χ4n) is 3.08. The Kier molecular flexibility index (Phi) is 5.41. The zero-order valence-corrected chi connectivity index (χ0v) is 17.7. The normalized spacial score (nSPS) is 11.6. The largest absolute Gasteiger partial charge is 0.343 e. The number of thioether (sulfide) groups is 1. The molecule has 2 nitrogen and oxygen atoms in total. The Balaban J connectivity index is 1.59. The monoisotopic (exact) mass is 411 g/mol. The van der Waals surface area contributed by atoms with Gasteiger partial charge in [0.05, 0.1) is 11.4 Å². The van der Waals surface area contributed by atoms with Crippen molar-refractivity contribution in [3.8, 4) is 24.2 Å². The van der Waals surface area contributed by atoms with Crippen molar-refractivity contribution in [3.63, 3.8) is 0 Å². The van der Waals surface area contributed by atoms with Gasteiger partial charge in [-0.25, -0.2) is 0 Å². The summed E-state index contributed by atoms with van der Waals surface area (Å²) in [5.41, 5.74) is 5.08. The number of carbonyl (C=O) groups excluding carboxylic acids is 1. The molecule has 4 heteroatoms. The molecule has 0 saturated carbocycles. The minimum Gasteiger partial charge on any atom is -0.343 e. The lowest BCUT2D eigenvalue weighted by Gasteiger charge is -2.29. The molecule has 0 aromatic heterocycles. The highest BCUT2D eigenvalue weighted by Crippen LogP contribution is 2.47. The summed E-state index contributed by atoms with van der Waals surface area (Å²) in [5, 5.41) is 0.0799. The van der Waals surface area contributed by atoms with Crippen LogP contribution in [0.5, 0.6) is 0 Å². The first-order valence-electron chi connectivity index (χ1n) is 9.00. The fourth-order valence-corrected chi connectivity index (χ4v) is 4.91. The summed E-state index contributed by atoms with van der Waals surface area (Å²) in [6.45, 7) is 1.57. The predicted octanol–water partition coefficient (Wildman–Crippen LogP) is 5.94. The van der Waals surface area contributed by atoms with E-state index < -0.39 is 0 Å². The molecule has 0 amide bonds. The van der Waals surface area contributed by atoms with Crippen molar-refractivity contribution >= 4 is 40.0 Å². The minimum atomic E-state index is 0.0799. The Labute approximate surface area is 179 Å². The molecule has 140 valence electrons. The van der Waals surface area contributed by atoms with Crippen LogP contribution in [0.15, 0.2) is 75.4 Å². The highest BCUT2D eigenvalue weighted by molar-refractivity contribution is 8.13. The number of fused-ring (bicyclic) bond motifs is 2. The number of carbonyl (C=O) groups is 1.